The van der Waals surface area contributed by atoms with Crippen molar-refractivity contribution in [1.29, 1.82) is 0 Å². The van der Waals surface area contributed by atoms with Gasteiger partial charge in [0.25, 0.3) is 5.56 Å². The van der Waals surface area contributed by atoms with Gasteiger partial charge in [-0.1, -0.05) is 31.2 Å². The zero-order valence-electron chi connectivity index (χ0n) is 16.3. The van der Waals surface area contributed by atoms with E-state index in [9.17, 15) is 4.79 Å². The zero-order chi connectivity index (χ0) is 19.7. The van der Waals surface area contributed by atoms with Gasteiger partial charge >= 0.3 is 0 Å². The summed E-state index contributed by atoms with van der Waals surface area (Å²) in [6.45, 7) is 6.75. The topological polar surface area (TPSA) is 75.1 Å². The standard InChI is InChI=1S/C22H23N5O/c1-4-16-6-9-18(10-7-16)23-13-19-12-20(28)27-22(24-19)25-21(26-27)17-8-5-14(2)15(3)11-17/h5-12,23H,4,13H2,1-3H3,(H,24,25,26). The molecule has 0 spiro atoms. The quantitative estimate of drug-likeness (QED) is 0.557. The molecule has 0 aliphatic carbocycles. The van der Waals surface area contributed by atoms with Crippen LogP contribution in [0.5, 0.6) is 0 Å². The summed E-state index contributed by atoms with van der Waals surface area (Å²) < 4.78 is 1.31. The van der Waals surface area contributed by atoms with E-state index in [-0.39, 0.29) is 5.56 Å². The number of hydrogen-bond donors (Lipinski definition) is 2. The summed E-state index contributed by atoms with van der Waals surface area (Å²) >= 11 is 0. The summed E-state index contributed by atoms with van der Waals surface area (Å²) in [6, 6.07) is 15.9. The molecule has 2 aromatic heterocycles. The van der Waals surface area contributed by atoms with E-state index in [0.717, 1.165) is 23.4 Å². The molecule has 2 aromatic carbocycles. The molecule has 0 aliphatic rings. The van der Waals surface area contributed by atoms with Gasteiger partial charge in [0, 0.05) is 23.0 Å². The lowest BCUT2D eigenvalue weighted by molar-refractivity contribution is 0.879. The van der Waals surface area contributed by atoms with E-state index in [2.05, 4.69) is 53.3 Å². The van der Waals surface area contributed by atoms with Crippen molar-refractivity contribution in [3.8, 4) is 11.4 Å². The second-order valence-electron chi connectivity index (χ2n) is 7.01. The van der Waals surface area contributed by atoms with Crippen LogP contribution >= 0.6 is 0 Å². The Hall–Kier alpha value is -3.41. The minimum atomic E-state index is -0.200. The summed E-state index contributed by atoms with van der Waals surface area (Å²) in [5.74, 6) is 0.982. The Balaban J connectivity index is 1.60. The first-order valence-electron chi connectivity index (χ1n) is 9.43. The second kappa shape index (κ2) is 7.31. The third kappa shape index (κ3) is 3.53. The lowest BCUT2D eigenvalue weighted by atomic mass is 10.1. The summed E-state index contributed by atoms with van der Waals surface area (Å²) in [4.78, 5) is 20.2. The predicted octanol–water partition coefficient (Wildman–Crippen LogP) is 3.88. The maximum Gasteiger partial charge on any atom is 0.275 e. The highest BCUT2D eigenvalue weighted by atomic mass is 16.1. The van der Waals surface area contributed by atoms with Crippen molar-refractivity contribution in [2.75, 3.05) is 5.32 Å². The van der Waals surface area contributed by atoms with Crippen LogP contribution in [-0.2, 0) is 13.0 Å². The van der Waals surface area contributed by atoms with Crippen LogP contribution < -0.4 is 10.9 Å². The van der Waals surface area contributed by atoms with E-state index < -0.39 is 0 Å². The number of hydrogen-bond acceptors (Lipinski definition) is 4. The van der Waals surface area contributed by atoms with Gasteiger partial charge in [0.2, 0.25) is 5.78 Å². The number of anilines is 1. The van der Waals surface area contributed by atoms with Crippen molar-refractivity contribution < 1.29 is 0 Å². The molecule has 2 N–H and O–H groups in total. The molecular formula is C22H23N5O. The van der Waals surface area contributed by atoms with Gasteiger partial charge in [0.1, 0.15) is 0 Å². The molecule has 0 radical (unpaired) electrons. The number of aryl methyl sites for hydroxylation is 3. The Bertz CT molecular complexity index is 1190. The molecule has 4 aromatic rings. The third-order valence-electron chi connectivity index (χ3n) is 5.00. The van der Waals surface area contributed by atoms with Crippen LogP contribution in [0.4, 0.5) is 5.69 Å². The van der Waals surface area contributed by atoms with Gasteiger partial charge in [0.05, 0.1) is 6.54 Å². The van der Waals surface area contributed by atoms with Gasteiger partial charge in [-0.25, -0.2) is 0 Å². The van der Waals surface area contributed by atoms with E-state index in [0.29, 0.717) is 18.1 Å². The number of H-pyrrole nitrogens is 1. The molecule has 4 rings (SSSR count). The van der Waals surface area contributed by atoms with E-state index in [4.69, 9.17) is 0 Å². The van der Waals surface area contributed by atoms with Crippen LogP contribution in [0.25, 0.3) is 17.2 Å². The maximum atomic E-state index is 12.5. The van der Waals surface area contributed by atoms with Crippen molar-refractivity contribution in [2.24, 2.45) is 0 Å². The van der Waals surface area contributed by atoms with E-state index in [1.165, 1.54) is 21.2 Å². The largest absolute Gasteiger partial charge is 0.379 e. The maximum absolute atomic E-state index is 12.5. The monoisotopic (exact) mass is 373 g/mol. The van der Waals surface area contributed by atoms with Crippen molar-refractivity contribution in [2.45, 2.75) is 33.7 Å². The molecule has 6 heteroatoms. The molecule has 6 nitrogen and oxygen atoms in total. The fraction of sp³-hybridized carbons (Fsp3) is 0.227. The number of nitrogens with one attached hydrogen (secondary N) is 2. The molecule has 0 amide bonds. The number of rotatable bonds is 5. The molecular weight excluding hydrogens is 350 g/mol. The summed E-state index contributed by atoms with van der Waals surface area (Å²) in [7, 11) is 0. The minimum absolute atomic E-state index is 0.200. The molecule has 0 bridgehead atoms. The molecule has 0 fully saturated rings. The zero-order valence-corrected chi connectivity index (χ0v) is 16.3. The van der Waals surface area contributed by atoms with Crippen molar-refractivity contribution in [1.82, 2.24) is 19.6 Å². The highest BCUT2D eigenvalue weighted by Gasteiger charge is 2.11. The minimum Gasteiger partial charge on any atom is -0.379 e. The SMILES string of the molecule is CCc1ccc(NCc2cc(=O)n3nc(-c4ccc(C)c(C)c4)nc3[nH]2)cc1. The smallest absolute Gasteiger partial charge is 0.275 e. The van der Waals surface area contributed by atoms with Gasteiger partial charge in [-0.05, 0) is 55.2 Å². The summed E-state index contributed by atoms with van der Waals surface area (Å²) in [5, 5.41) is 7.70. The first kappa shape index (κ1) is 18.0. The molecule has 0 saturated carbocycles. The van der Waals surface area contributed by atoms with Crippen LogP contribution in [0.1, 0.15) is 29.3 Å². The third-order valence-corrected chi connectivity index (χ3v) is 5.00. The predicted molar refractivity (Wildman–Crippen MR) is 112 cm³/mol. The Kier molecular flexibility index (Phi) is 4.69. The van der Waals surface area contributed by atoms with Crippen LogP contribution in [0.15, 0.2) is 53.3 Å². The van der Waals surface area contributed by atoms with Crippen LogP contribution in [0, 0.1) is 13.8 Å². The van der Waals surface area contributed by atoms with Crippen LogP contribution in [0.3, 0.4) is 0 Å². The summed E-state index contributed by atoms with van der Waals surface area (Å²) in [6.07, 6.45) is 1.01. The Morgan fingerprint density at radius 2 is 1.82 bits per heavy atom. The normalized spacial score (nSPS) is 11.1. The number of aromatic amines is 1. The molecule has 28 heavy (non-hydrogen) atoms. The van der Waals surface area contributed by atoms with E-state index in [1.807, 2.05) is 30.3 Å². The molecule has 2 heterocycles. The average Bonchev–Trinajstić information content (AvgIpc) is 3.14. The van der Waals surface area contributed by atoms with Crippen LogP contribution in [-0.4, -0.2) is 19.6 Å². The summed E-state index contributed by atoms with van der Waals surface area (Å²) in [5.41, 5.74) is 6.14. The molecule has 0 saturated heterocycles. The second-order valence-corrected chi connectivity index (χ2v) is 7.01. The Morgan fingerprint density at radius 1 is 1.04 bits per heavy atom. The Labute approximate surface area is 163 Å². The van der Waals surface area contributed by atoms with Gasteiger partial charge in [-0.2, -0.15) is 9.50 Å². The average molecular weight is 373 g/mol. The molecule has 0 atom stereocenters. The Morgan fingerprint density at radius 3 is 2.54 bits per heavy atom. The van der Waals surface area contributed by atoms with Crippen molar-refractivity contribution >= 4 is 11.5 Å². The first-order valence-corrected chi connectivity index (χ1v) is 9.43. The fourth-order valence-corrected chi connectivity index (χ4v) is 3.09. The highest BCUT2D eigenvalue weighted by Crippen LogP contribution is 2.19. The van der Waals surface area contributed by atoms with E-state index in [1.54, 1.807) is 6.07 Å². The highest BCUT2D eigenvalue weighted by molar-refractivity contribution is 5.59. The number of aromatic nitrogens is 4. The first-order chi connectivity index (χ1) is 13.5. The van der Waals surface area contributed by atoms with Gasteiger partial charge in [-0.3, -0.25) is 4.79 Å². The number of benzene rings is 2. The van der Waals surface area contributed by atoms with Crippen LogP contribution in [0.2, 0.25) is 0 Å². The number of nitrogens with zero attached hydrogens (tertiary/aromatic N) is 3. The van der Waals surface area contributed by atoms with Crippen molar-refractivity contribution in [3.05, 3.63) is 81.3 Å². The van der Waals surface area contributed by atoms with Gasteiger partial charge in [0.15, 0.2) is 5.82 Å². The van der Waals surface area contributed by atoms with Gasteiger partial charge in [-0.15, -0.1) is 5.10 Å². The number of fused-ring (bicyclic) bond motifs is 1. The molecule has 142 valence electrons. The lowest BCUT2D eigenvalue weighted by Crippen LogP contribution is -2.17. The lowest BCUT2D eigenvalue weighted by Gasteiger charge is -2.07. The van der Waals surface area contributed by atoms with Crippen molar-refractivity contribution in [3.63, 3.8) is 0 Å². The van der Waals surface area contributed by atoms with Gasteiger partial charge < -0.3 is 10.3 Å². The van der Waals surface area contributed by atoms with E-state index >= 15 is 0 Å². The molecule has 0 unspecified atom stereocenters. The molecule has 0 aliphatic heterocycles. The fourth-order valence-electron chi connectivity index (χ4n) is 3.09.